The molecule has 0 spiro atoms. The lowest BCUT2D eigenvalue weighted by Crippen LogP contribution is -2.60. The molecule has 9 N–H and O–H groups in total. The molecule has 1 aromatic carbocycles. The van der Waals surface area contributed by atoms with Crippen LogP contribution in [0.25, 0.3) is 0 Å². The van der Waals surface area contributed by atoms with Crippen LogP contribution in [0.2, 0.25) is 0 Å². The van der Waals surface area contributed by atoms with E-state index in [-0.39, 0.29) is 62.5 Å². The van der Waals surface area contributed by atoms with Crippen molar-refractivity contribution in [1.29, 1.82) is 0 Å². The van der Waals surface area contributed by atoms with Crippen LogP contribution < -0.4 is 37.5 Å². The topological polar surface area (TPSA) is 248 Å². The van der Waals surface area contributed by atoms with Crippen molar-refractivity contribution >= 4 is 41.5 Å². The van der Waals surface area contributed by atoms with Crippen LogP contribution in [0.5, 0.6) is 5.75 Å². The third-order valence-electron chi connectivity index (χ3n) is 9.85. The van der Waals surface area contributed by atoms with E-state index in [4.69, 9.17) is 16.2 Å². The number of ether oxygens (including phenoxy) is 1. The molecule has 0 aromatic heterocycles. The van der Waals surface area contributed by atoms with Gasteiger partial charge < -0.3 is 47.5 Å². The Morgan fingerprint density at radius 1 is 1.02 bits per heavy atom. The minimum atomic E-state index is -1.17. The number of nitrogens with zero attached hydrogens (tertiary/aromatic N) is 2. The zero-order chi connectivity index (χ0) is 39.8. The summed E-state index contributed by atoms with van der Waals surface area (Å²) in [7, 11) is 0. The van der Waals surface area contributed by atoms with Crippen molar-refractivity contribution in [3.63, 3.8) is 0 Å². The molecular weight excluding hydrogens is 696 g/mol. The van der Waals surface area contributed by atoms with Crippen molar-refractivity contribution < 1.29 is 38.6 Å². The maximum Gasteiger partial charge on any atom is 0.326 e. The molecule has 16 heteroatoms. The minimum absolute atomic E-state index is 0.00511. The molecule has 3 aliphatic rings. The van der Waals surface area contributed by atoms with Gasteiger partial charge in [0.05, 0.1) is 6.61 Å². The molecule has 0 radical (unpaired) electrons. The fourth-order valence-corrected chi connectivity index (χ4v) is 6.63. The number of nitrogens with one attached hydrogen (secondary N) is 4. The fraction of sp³-hybridized carbons (Fsp3) is 0.658. The van der Waals surface area contributed by atoms with E-state index in [1.807, 2.05) is 20.8 Å². The molecule has 6 atom stereocenters. The van der Waals surface area contributed by atoms with Gasteiger partial charge in [0.2, 0.25) is 29.5 Å². The lowest BCUT2D eigenvalue weighted by Gasteiger charge is -2.31. The molecule has 3 heterocycles. The van der Waals surface area contributed by atoms with Gasteiger partial charge in [-0.05, 0) is 80.9 Å². The van der Waals surface area contributed by atoms with Crippen LogP contribution in [0.3, 0.4) is 0 Å². The summed E-state index contributed by atoms with van der Waals surface area (Å²) in [6, 6.07) is 1.94. The molecule has 1 fully saturated rings. The summed E-state index contributed by atoms with van der Waals surface area (Å²) in [5.41, 5.74) is 11.6. The smallest absolute Gasteiger partial charge is 0.326 e. The number of carbonyl (C=O) groups excluding carboxylic acids is 5. The first-order chi connectivity index (χ1) is 25.7. The molecule has 16 nitrogen and oxygen atoms in total. The van der Waals surface area contributed by atoms with Gasteiger partial charge in [0.1, 0.15) is 36.0 Å². The molecular formula is C38H60N8O8. The highest BCUT2D eigenvalue weighted by Gasteiger charge is 2.39. The zero-order valence-electron chi connectivity index (χ0n) is 32.1. The van der Waals surface area contributed by atoms with Gasteiger partial charge in [-0.25, -0.2) is 4.79 Å². The van der Waals surface area contributed by atoms with Crippen molar-refractivity contribution in [3.05, 3.63) is 29.8 Å². The third kappa shape index (κ3) is 13.8. The summed E-state index contributed by atoms with van der Waals surface area (Å²) in [5, 5.41) is 20.9. The molecule has 0 saturated carbocycles. The normalized spacial score (nSPS) is 21.8. The average Bonchev–Trinajstić information content (AvgIpc) is 3.62. The standard InChI is InChI=1S/C38H60N8O8/c1-5-24(4)32(35(50)44-29(37(52)53)21-23(2)3)45-33(48)28-22-25-14-16-26(17-15-25)54-20-8-6-7-13-31(47)42-27(11-9-18-41-38(39)40)36(51)46-19-10-12-30(46)34(49)43-28/h14-17,23-24,27-30,32H,5-13,18-22H2,1-4H3,(H,42,47)(H,43,49)(H,44,50)(H,45,48)(H,52,53)(H4,39,40,41)/t24-,27-,28+,29+,30+,32-/m1/s1. The number of carbonyl (C=O) groups is 6. The maximum absolute atomic E-state index is 14.1. The molecule has 1 saturated heterocycles. The molecule has 54 heavy (non-hydrogen) atoms. The first-order valence-electron chi connectivity index (χ1n) is 19.2. The Hall–Kier alpha value is -4.89. The van der Waals surface area contributed by atoms with Gasteiger partial charge in [-0.3, -0.25) is 29.0 Å². The molecule has 5 amide bonds. The van der Waals surface area contributed by atoms with Gasteiger partial charge >= 0.3 is 5.97 Å². The van der Waals surface area contributed by atoms with E-state index in [1.54, 1.807) is 31.2 Å². The van der Waals surface area contributed by atoms with E-state index >= 15 is 0 Å². The highest BCUT2D eigenvalue weighted by molar-refractivity contribution is 5.96. The van der Waals surface area contributed by atoms with Crippen molar-refractivity contribution in [2.45, 2.75) is 129 Å². The van der Waals surface area contributed by atoms with Crippen molar-refractivity contribution in [3.8, 4) is 5.75 Å². The summed E-state index contributed by atoms with van der Waals surface area (Å²) >= 11 is 0. The van der Waals surface area contributed by atoms with E-state index in [0.29, 0.717) is 50.0 Å². The molecule has 1 aromatic rings. The summed E-state index contributed by atoms with van der Waals surface area (Å²) < 4.78 is 5.88. The average molecular weight is 757 g/mol. The quantitative estimate of drug-likeness (QED) is 0.0865. The first kappa shape index (κ1) is 43.5. The SMILES string of the molecule is CC[C@@H](C)[C@@H](NC(=O)[C@@H]1Cc2ccc(cc2)OCCCCCC(=O)N[C@H](CCCN=C(N)N)C(=O)N2CCC[C@H]2C(=O)N1)C(=O)N[C@@H](CC(C)C)C(=O)O. The van der Waals surface area contributed by atoms with E-state index in [9.17, 15) is 33.9 Å². The van der Waals surface area contributed by atoms with E-state index in [1.165, 1.54) is 4.90 Å². The molecule has 0 aliphatic carbocycles. The summed E-state index contributed by atoms with van der Waals surface area (Å²) in [6.07, 6.45) is 4.59. The van der Waals surface area contributed by atoms with Crippen LogP contribution >= 0.6 is 0 Å². The molecule has 0 unspecified atom stereocenters. The van der Waals surface area contributed by atoms with Crippen molar-refractivity contribution in [1.82, 2.24) is 26.2 Å². The highest BCUT2D eigenvalue weighted by atomic mass is 16.5. The van der Waals surface area contributed by atoms with Crippen molar-refractivity contribution in [2.24, 2.45) is 28.3 Å². The number of fused-ring (bicyclic) bond motifs is 14. The maximum atomic E-state index is 14.1. The minimum Gasteiger partial charge on any atom is -0.494 e. The number of hydrogen-bond donors (Lipinski definition) is 7. The molecule has 300 valence electrons. The second-order valence-corrected chi connectivity index (χ2v) is 14.7. The number of hydrogen-bond acceptors (Lipinski definition) is 8. The van der Waals surface area contributed by atoms with Crippen LogP contribution in [0.4, 0.5) is 0 Å². The van der Waals surface area contributed by atoms with E-state index in [2.05, 4.69) is 26.3 Å². The summed E-state index contributed by atoms with van der Waals surface area (Å²) in [6.45, 7) is 8.31. The van der Waals surface area contributed by atoms with Crippen LogP contribution in [0, 0.1) is 11.8 Å². The van der Waals surface area contributed by atoms with Gasteiger partial charge in [0.15, 0.2) is 5.96 Å². The van der Waals surface area contributed by atoms with Crippen LogP contribution in [-0.4, -0.2) is 101 Å². The number of benzene rings is 1. The van der Waals surface area contributed by atoms with Gasteiger partial charge in [0.25, 0.3) is 0 Å². The summed E-state index contributed by atoms with van der Waals surface area (Å²) in [5.74, 6) is -3.51. The number of carboxylic acid groups (broad SMARTS) is 1. The number of carboxylic acids is 1. The predicted molar refractivity (Wildman–Crippen MR) is 203 cm³/mol. The number of nitrogens with two attached hydrogens (primary N) is 2. The highest BCUT2D eigenvalue weighted by Crippen LogP contribution is 2.22. The van der Waals surface area contributed by atoms with E-state index < -0.39 is 59.8 Å². The predicted octanol–water partition coefficient (Wildman–Crippen LogP) is 1.34. The largest absolute Gasteiger partial charge is 0.494 e. The first-order valence-corrected chi connectivity index (χ1v) is 19.2. The number of aliphatic carboxylic acids is 1. The Morgan fingerprint density at radius 2 is 1.74 bits per heavy atom. The number of rotatable bonds is 13. The lowest BCUT2D eigenvalue weighted by molar-refractivity contribution is -0.143. The lowest BCUT2D eigenvalue weighted by atomic mass is 9.96. The molecule has 4 rings (SSSR count). The van der Waals surface area contributed by atoms with Gasteiger partial charge in [0, 0.05) is 25.9 Å². The Labute approximate surface area is 318 Å². The number of amides is 5. The second kappa shape index (κ2) is 21.7. The van der Waals surface area contributed by atoms with Gasteiger partial charge in [-0.1, -0.05) is 46.2 Å². The Bertz CT molecular complexity index is 1470. The van der Waals surface area contributed by atoms with E-state index in [0.717, 1.165) is 12.8 Å². The van der Waals surface area contributed by atoms with Crippen LogP contribution in [-0.2, 0) is 35.2 Å². The monoisotopic (exact) mass is 756 g/mol. The Balaban J connectivity index is 1.92. The Kier molecular flexibility index (Phi) is 17.5. The van der Waals surface area contributed by atoms with Crippen molar-refractivity contribution in [2.75, 3.05) is 19.7 Å². The molecule has 3 aliphatic heterocycles. The van der Waals surface area contributed by atoms with Crippen LogP contribution in [0.15, 0.2) is 29.3 Å². The van der Waals surface area contributed by atoms with Gasteiger partial charge in [-0.2, -0.15) is 0 Å². The summed E-state index contributed by atoms with van der Waals surface area (Å²) in [4.78, 5) is 86.1. The molecule has 2 bridgehead atoms. The number of aliphatic imine (C=N–C) groups is 1. The number of guanidine groups is 1. The fourth-order valence-electron chi connectivity index (χ4n) is 6.63. The zero-order valence-corrected chi connectivity index (χ0v) is 32.1. The van der Waals surface area contributed by atoms with Crippen LogP contribution in [0.1, 0.15) is 97.5 Å². The second-order valence-electron chi connectivity index (χ2n) is 14.7. The Morgan fingerprint density at radius 3 is 2.39 bits per heavy atom. The van der Waals surface area contributed by atoms with Gasteiger partial charge in [-0.15, -0.1) is 0 Å². The third-order valence-corrected chi connectivity index (χ3v) is 9.85.